The summed E-state index contributed by atoms with van der Waals surface area (Å²) in [6.07, 6.45) is 4.02. The van der Waals surface area contributed by atoms with Crippen LogP contribution in [0, 0.1) is 0 Å². The van der Waals surface area contributed by atoms with E-state index in [1.54, 1.807) is 11.5 Å². The molecule has 0 radical (unpaired) electrons. The fourth-order valence-electron chi connectivity index (χ4n) is 5.18. The van der Waals surface area contributed by atoms with Crippen molar-refractivity contribution < 1.29 is 9.53 Å². The summed E-state index contributed by atoms with van der Waals surface area (Å²) in [6.45, 7) is 4.93. The van der Waals surface area contributed by atoms with Crippen molar-refractivity contribution in [3.8, 4) is 0 Å². The molecule has 0 fully saturated rings. The summed E-state index contributed by atoms with van der Waals surface area (Å²) < 4.78 is 9.91. The maximum absolute atomic E-state index is 14.1. The predicted molar refractivity (Wildman–Crippen MR) is 155 cm³/mol. The molecule has 5 aromatic rings. The van der Waals surface area contributed by atoms with Crippen molar-refractivity contribution in [2.24, 2.45) is 4.99 Å². The maximum Gasteiger partial charge on any atom is 0.338 e. The SMILES string of the molecule is CCOC(=O)C1=C(c2ccccc2)N=c2s/c(=C\c3cn(CC)c4ccccc34)c(=O)n2[C@@H]1c1ccccc1. The monoisotopic (exact) mass is 533 g/mol. The van der Waals surface area contributed by atoms with E-state index in [1.807, 2.05) is 78.9 Å². The molecule has 0 spiro atoms. The fraction of sp³-hybridized carbons (Fsp3) is 0.156. The van der Waals surface area contributed by atoms with Gasteiger partial charge in [0, 0.05) is 34.8 Å². The van der Waals surface area contributed by atoms with E-state index in [1.165, 1.54) is 11.3 Å². The molecule has 194 valence electrons. The molecule has 0 N–H and O–H groups in total. The number of benzene rings is 3. The van der Waals surface area contributed by atoms with E-state index in [9.17, 15) is 9.59 Å². The molecule has 2 aromatic heterocycles. The number of aromatic nitrogens is 2. The standard InChI is InChI=1S/C32H27N3O3S/c1-3-34-20-23(24-17-11-12-18-25(24)34)19-26-30(36)35-29(22-15-9-6-10-16-22)27(31(37)38-4-2)28(33-32(35)39-26)21-13-7-5-8-14-21/h5-20,29H,3-4H2,1-2H3/b26-19-/t29-/m1/s1. The normalized spacial score (nSPS) is 15.3. The van der Waals surface area contributed by atoms with Gasteiger partial charge >= 0.3 is 5.97 Å². The van der Waals surface area contributed by atoms with Gasteiger partial charge in [-0.1, -0.05) is 90.2 Å². The van der Waals surface area contributed by atoms with Gasteiger partial charge in [-0.25, -0.2) is 9.79 Å². The predicted octanol–water partition coefficient (Wildman–Crippen LogP) is 4.91. The zero-order valence-electron chi connectivity index (χ0n) is 21.7. The summed E-state index contributed by atoms with van der Waals surface area (Å²) in [7, 11) is 0. The molecule has 1 aliphatic rings. The van der Waals surface area contributed by atoms with E-state index >= 15 is 0 Å². The van der Waals surface area contributed by atoms with Crippen molar-refractivity contribution >= 4 is 40.0 Å². The van der Waals surface area contributed by atoms with Crippen LogP contribution in [0.5, 0.6) is 0 Å². The number of thiazole rings is 1. The van der Waals surface area contributed by atoms with Gasteiger partial charge in [0.15, 0.2) is 4.80 Å². The molecule has 0 bridgehead atoms. The van der Waals surface area contributed by atoms with Crippen LogP contribution in [0.25, 0.3) is 22.7 Å². The van der Waals surface area contributed by atoms with Gasteiger partial charge in [0.25, 0.3) is 5.56 Å². The second-order valence-electron chi connectivity index (χ2n) is 9.23. The van der Waals surface area contributed by atoms with Gasteiger partial charge in [0.1, 0.15) is 0 Å². The molecule has 0 unspecified atom stereocenters. The van der Waals surface area contributed by atoms with E-state index in [4.69, 9.17) is 9.73 Å². The summed E-state index contributed by atoms with van der Waals surface area (Å²) in [4.78, 5) is 33.1. The molecule has 7 heteroatoms. The molecule has 6 rings (SSSR count). The zero-order valence-corrected chi connectivity index (χ0v) is 22.5. The van der Waals surface area contributed by atoms with E-state index in [0.29, 0.717) is 20.6 Å². The number of ether oxygens (including phenoxy) is 1. The number of nitrogens with zero attached hydrogens (tertiary/aromatic N) is 3. The summed E-state index contributed by atoms with van der Waals surface area (Å²) in [5.74, 6) is -0.478. The molecule has 6 nitrogen and oxygen atoms in total. The number of hydrogen-bond donors (Lipinski definition) is 0. The summed E-state index contributed by atoms with van der Waals surface area (Å²) in [5.41, 5.74) is 4.41. The first-order valence-electron chi connectivity index (χ1n) is 13.0. The van der Waals surface area contributed by atoms with Gasteiger partial charge in [-0.2, -0.15) is 0 Å². The van der Waals surface area contributed by atoms with Gasteiger partial charge in [-0.3, -0.25) is 9.36 Å². The molecular weight excluding hydrogens is 506 g/mol. The molecule has 3 heterocycles. The summed E-state index contributed by atoms with van der Waals surface area (Å²) in [6, 6.07) is 26.7. The quantitative estimate of drug-likeness (QED) is 0.291. The minimum atomic E-state index is -0.671. The van der Waals surface area contributed by atoms with Gasteiger partial charge in [-0.15, -0.1) is 0 Å². The van der Waals surface area contributed by atoms with Crippen molar-refractivity contribution in [3.63, 3.8) is 0 Å². The molecule has 1 aliphatic heterocycles. The summed E-state index contributed by atoms with van der Waals surface area (Å²) >= 11 is 1.34. The van der Waals surface area contributed by atoms with Crippen LogP contribution in [0.2, 0.25) is 0 Å². The molecular formula is C32H27N3O3S. The lowest BCUT2D eigenvalue weighted by atomic mass is 9.93. The van der Waals surface area contributed by atoms with Crippen LogP contribution < -0.4 is 14.9 Å². The largest absolute Gasteiger partial charge is 0.463 e. The van der Waals surface area contributed by atoms with Crippen LogP contribution in [0.1, 0.15) is 36.6 Å². The van der Waals surface area contributed by atoms with Gasteiger partial charge in [-0.05, 0) is 31.6 Å². The first-order chi connectivity index (χ1) is 19.1. The Morgan fingerprint density at radius 2 is 1.67 bits per heavy atom. The highest BCUT2D eigenvalue weighted by molar-refractivity contribution is 7.07. The highest BCUT2D eigenvalue weighted by atomic mass is 32.1. The topological polar surface area (TPSA) is 65.6 Å². The lowest BCUT2D eigenvalue weighted by Gasteiger charge is -2.25. The minimum absolute atomic E-state index is 0.185. The Morgan fingerprint density at radius 3 is 2.38 bits per heavy atom. The Hall–Kier alpha value is -4.49. The van der Waals surface area contributed by atoms with Crippen LogP contribution >= 0.6 is 11.3 Å². The van der Waals surface area contributed by atoms with E-state index in [0.717, 1.165) is 34.1 Å². The number of rotatable bonds is 6. The van der Waals surface area contributed by atoms with Gasteiger partial charge in [0.2, 0.25) is 0 Å². The molecule has 0 aliphatic carbocycles. The highest BCUT2D eigenvalue weighted by Crippen LogP contribution is 2.35. The third-order valence-corrected chi connectivity index (χ3v) is 7.92. The van der Waals surface area contributed by atoms with Crippen molar-refractivity contribution in [3.05, 3.63) is 133 Å². The average molecular weight is 534 g/mol. The van der Waals surface area contributed by atoms with Crippen molar-refractivity contribution in [1.29, 1.82) is 0 Å². The minimum Gasteiger partial charge on any atom is -0.463 e. The third-order valence-electron chi connectivity index (χ3n) is 6.94. The average Bonchev–Trinajstić information content (AvgIpc) is 3.49. The van der Waals surface area contributed by atoms with Gasteiger partial charge < -0.3 is 9.30 Å². The number of aryl methyl sites for hydroxylation is 1. The van der Waals surface area contributed by atoms with Gasteiger partial charge in [0.05, 0.1) is 28.5 Å². The molecule has 0 saturated heterocycles. The summed E-state index contributed by atoms with van der Waals surface area (Å²) in [5, 5.41) is 1.09. The van der Waals surface area contributed by atoms with Crippen LogP contribution in [0.3, 0.4) is 0 Å². The Morgan fingerprint density at radius 1 is 0.974 bits per heavy atom. The highest BCUT2D eigenvalue weighted by Gasteiger charge is 2.35. The van der Waals surface area contributed by atoms with Crippen LogP contribution in [-0.4, -0.2) is 21.7 Å². The molecule has 0 amide bonds. The van der Waals surface area contributed by atoms with Crippen LogP contribution in [0.4, 0.5) is 0 Å². The number of hydrogen-bond acceptors (Lipinski definition) is 5. The Balaban J connectivity index is 1.65. The molecule has 1 atom stereocenters. The van der Waals surface area contributed by atoms with Crippen molar-refractivity contribution in [2.75, 3.05) is 6.61 Å². The second-order valence-corrected chi connectivity index (χ2v) is 10.2. The number of fused-ring (bicyclic) bond motifs is 2. The molecule has 3 aromatic carbocycles. The Kier molecular flexibility index (Phi) is 6.59. The second kappa shape index (κ2) is 10.3. The van der Waals surface area contributed by atoms with E-state index in [2.05, 4.69) is 29.8 Å². The lowest BCUT2D eigenvalue weighted by molar-refractivity contribution is -0.138. The Labute approximate surface area is 229 Å². The first-order valence-corrected chi connectivity index (χ1v) is 13.8. The number of para-hydroxylation sites is 1. The van der Waals surface area contributed by atoms with E-state index < -0.39 is 12.0 Å². The third kappa shape index (κ3) is 4.34. The molecule has 0 saturated carbocycles. The van der Waals surface area contributed by atoms with Crippen LogP contribution in [0.15, 0.2) is 106 Å². The lowest BCUT2D eigenvalue weighted by Crippen LogP contribution is -2.39. The van der Waals surface area contributed by atoms with Crippen molar-refractivity contribution in [1.82, 2.24) is 9.13 Å². The maximum atomic E-state index is 14.1. The fourth-order valence-corrected chi connectivity index (χ4v) is 6.18. The first kappa shape index (κ1) is 24.8. The van der Waals surface area contributed by atoms with E-state index in [-0.39, 0.29) is 12.2 Å². The molecule has 39 heavy (non-hydrogen) atoms. The zero-order chi connectivity index (χ0) is 26.9. The number of carbonyl (C=O) groups excluding carboxylic acids is 1. The smallest absolute Gasteiger partial charge is 0.338 e. The van der Waals surface area contributed by atoms with Crippen molar-refractivity contribution in [2.45, 2.75) is 26.4 Å². The number of carbonyl (C=O) groups is 1. The van der Waals surface area contributed by atoms with Crippen LogP contribution in [-0.2, 0) is 16.1 Å². The number of esters is 1. The Bertz CT molecular complexity index is 1900.